The predicted octanol–water partition coefficient (Wildman–Crippen LogP) is 0.892. The monoisotopic (exact) mass is 269 g/mol. The second kappa shape index (κ2) is 6.89. The van der Waals surface area contributed by atoms with Crippen LogP contribution >= 0.6 is 0 Å². The zero-order chi connectivity index (χ0) is 14.5. The summed E-state index contributed by atoms with van der Waals surface area (Å²) in [5.74, 6) is 0.240. The Labute approximate surface area is 116 Å². The van der Waals surface area contributed by atoms with Crippen LogP contribution in [0.3, 0.4) is 0 Å². The van der Waals surface area contributed by atoms with Crippen LogP contribution in [0.25, 0.3) is 0 Å². The highest BCUT2D eigenvalue weighted by molar-refractivity contribution is 5.76. The molecule has 19 heavy (non-hydrogen) atoms. The van der Waals surface area contributed by atoms with E-state index in [1.165, 1.54) is 0 Å². The number of nitrogens with zero attached hydrogens (tertiary/aromatic N) is 1. The molecular formula is C14H27N3O2. The minimum Gasteiger partial charge on any atom is -0.351 e. The van der Waals surface area contributed by atoms with Crippen molar-refractivity contribution in [2.45, 2.75) is 58.5 Å². The van der Waals surface area contributed by atoms with Crippen LogP contribution in [-0.2, 0) is 9.59 Å². The number of hydrogen-bond donors (Lipinski definition) is 2. The Hall–Kier alpha value is -1.10. The highest BCUT2D eigenvalue weighted by Crippen LogP contribution is 2.10. The molecule has 0 aromatic rings. The van der Waals surface area contributed by atoms with Crippen LogP contribution in [0.1, 0.15) is 47.0 Å². The van der Waals surface area contributed by atoms with Crippen molar-refractivity contribution in [3.63, 3.8) is 0 Å². The predicted molar refractivity (Wildman–Crippen MR) is 75.8 cm³/mol. The minimum atomic E-state index is -0.163. The molecule has 1 saturated heterocycles. The van der Waals surface area contributed by atoms with Crippen LogP contribution in [0.4, 0.5) is 0 Å². The van der Waals surface area contributed by atoms with Gasteiger partial charge in [-0.3, -0.25) is 9.59 Å². The molecule has 0 saturated carbocycles. The zero-order valence-corrected chi connectivity index (χ0v) is 12.6. The fourth-order valence-corrected chi connectivity index (χ4v) is 2.27. The van der Waals surface area contributed by atoms with Gasteiger partial charge in [0.2, 0.25) is 11.8 Å². The van der Waals surface area contributed by atoms with E-state index in [1.807, 2.05) is 25.7 Å². The molecule has 0 aliphatic carbocycles. The van der Waals surface area contributed by atoms with E-state index in [2.05, 4.69) is 10.6 Å². The Morgan fingerprint density at radius 3 is 2.26 bits per heavy atom. The quantitative estimate of drug-likeness (QED) is 0.797. The number of carbonyl (C=O) groups is 2. The molecule has 1 heterocycles. The highest BCUT2D eigenvalue weighted by Gasteiger charge is 2.20. The SMILES string of the molecule is CC(=O)N1CCC(NCCC(=O)NC(C)(C)C)CC1. The van der Waals surface area contributed by atoms with Crippen molar-refractivity contribution < 1.29 is 9.59 Å². The van der Waals surface area contributed by atoms with Crippen molar-refractivity contribution >= 4 is 11.8 Å². The molecule has 0 bridgehead atoms. The Balaban J connectivity index is 2.14. The molecule has 5 nitrogen and oxygen atoms in total. The van der Waals surface area contributed by atoms with Gasteiger partial charge in [-0.2, -0.15) is 0 Å². The molecule has 110 valence electrons. The second-order valence-corrected chi connectivity index (χ2v) is 6.28. The maximum Gasteiger partial charge on any atom is 0.221 e. The van der Waals surface area contributed by atoms with E-state index < -0.39 is 0 Å². The number of nitrogens with one attached hydrogen (secondary N) is 2. The zero-order valence-electron chi connectivity index (χ0n) is 12.6. The Bertz CT molecular complexity index is 315. The van der Waals surface area contributed by atoms with Crippen molar-refractivity contribution in [3.8, 4) is 0 Å². The van der Waals surface area contributed by atoms with Gasteiger partial charge in [0.15, 0.2) is 0 Å². The average Bonchev–Trinajstić information content (AvgIpc) is 2.27. The minimum absolute atomic E-state index is 0.0844. The lowest BCUT2D eigenvalue weighted by Gasteiger charge is -2.31. The number of carbonyl (C=O) groups excluding carboxylic acids is 2. The molecule has 0 aromatic heterocycles. The summed E-state index contributed by atoms with van der Waals surface area (Å²) in [6.45, 7) is 9.90. The van der Waals surface area contributed by atoms with E-state index in [-0.39, 0.29) is 17.4 Å². The highest BCUT2D eigenvalue weighted by atomic mass is 16.2. The van der Waals surface area contributed by atoms with Gasteiger partial charge < -0.3 is 15.5 Å². The molecule has 2 N–H and O–H groups in total. The van der Waals surface area contributed by atoms with Gasteiger partial charge in [-0.05, 0) is 33.6 Å². The molecule has 0 spiro atoms. The summed E-state index contributed by atoms with van der Waals surface area (Å²) in [6.07, 6.45) is 2.45. The third-order valence-electron chi connectivity index (χ3n) is 3.24. The normalized spacial score (nSPS) is 17.4. The Morgan fingerprint density at radius 1 is 1.21 bits per heavy atom. The Kier molecular flexibility index (Phi) is 5.79. The van der Waals surface area contributed by atoms with Gasteiger partial charge in [-0.15, -0.1) is 0 Å². The first kappa shape index (κ1) is 16.0. The van der Waals surface area contributed by atoms with Crippen molar-refractivity contribution in [1.29, 1.82) is 0 Å². The van der Waals surface area contributed by atoms with Crippen molar-refractivity contribution in [2.75, 3.05) is 19.6 Å². The molecule has 0 unspecified atom stereocenters. The largest absolute Gasteiger partial charge is 0.351 e. The summed E-state index contributed by atoms with van der Waals surface area (Å²) in [5.41, 5.74) is -0.163. The van der Waals surface area contributed by atoms with Crippen molar-refractivity contribution in [1.82, 2.24) is 15.5 Å². The van der Waals surface area contributed by atoms with Crippen LogP contribution < -0.4 is 10.6 Å². The molecular weight excluding hydrogens is 242 g/mol. The van der Waals surface area contributed by atoms with E-state index in [9.17, 15) is 9.59 Å². The van der Waals surface area contributed by atoms with E-state index in [4.69, 9.17) is 0 Å². The average molecular weight is 269 g/mol. The van der Waals surface area contributed by atoms with Gasteiger partial charge in [-0.1, -0.05) is 0 Å². The van der Waals surface area contributed by atoms with Gasteiger partial charge in [0.05, 0.1) is 0 Å². The Morgan fingerprint density at radius 2 is 1.79 bits per heavy atom. The lowest BCUT2D eigenvalue weighted by atomic mass is 10.0. The third-order valence-corrected chi connectivity index (χ3v) is 3.24. The summed E-state index contributed by atoms with van der Waals surface area (Å²) in [4.78, 5) is 24.7. The first-order chi connectivity index (χ1) is 8.78. The molecule has 0 aromatic carbocycles. The number of amides is 2. The molecule has 5 heteroatoms. The van der Waals surface area contributed by atoms with Gasteiger partial charge >= 0.3 is 0 Å². The molecule has 1 fully saturated rings. The smallest absolute Gasteiger partial charge is 0.221 e. The second-order valence-electron chi connectivity index (χ2n) is 6.28. The first-order valence-corrected chi connectivity index (χ1v) is 7.08. The first-order valence-electron chi connectivity index (χ1n) is 7.08. The van der Waals surface area contributed by atoms with Crippen LogP contribution in [0.2, 0.25) is 0 Å². The fraction of sp³-hybridized carbons (Fsp3) is 0.857. The maximum atomic E-state index is 11.6. The van der Waals surface area contributed by atoms with Gasteiger partial charge in [0.1, 0.15) is 0 Å². The third kappa shape index (κ3) is 6.57. The summed E-state index contributed by atoms with van der Waals surface area (Å²) in [6, 6.07) is 0.429. The number of rotatable bonds is 4. The standard InChI is InChI=1S/C14H27N3O2/c1-11(18)17-9-6-12(7-10-17)15-8-5-13(19)16-14(2,3)4/h12,15H,5-10H2,1-4H3,(H,16,19). The van der Waals surface area contributed by atoms with Crippen LogP contribution in [0, 0.1) is 0 Å². The fourth-order valence-electron chi connectivity index (χ4n) is 2.27. The van der Waals surface area contributed by atoms with E-state index in [1.54, 1.807) is 6.92 Å². The molecule has 2 amide bonds. The number of piperidine rings is 1. The van der Waals surface area contributed by atoms with Gasteiger partial charge in [0.25, 0.3) is 0 Å². The van der Waals surface area contributed by atoms with Crippen molar-refractivity contribution in [3.05, 3.63) is 0 Å². The molecule has 0 atom stereocenters. The lowest BCUT2D eigenvalue weighted by molar-refractivity contribution is -0.129. The number of likely N-dealkylation sites (tertiary alicyclic amines) is 1. The van der Waals surface area contributed by atoms with E-state index in [0.717, 1.165) is 25.9 Å². The van der Waals surface area contributed by atoms with Crippen molar-refractivity contribution in [2.24, 2.45) is 0 Å². The van der Waals surface area contributed by atoms with Gasteiger partial charge in [0, 0.05) is 44.6 Å². The topological polar surface area (TPSA) is 61.4 Å². The summed E-state index contributed by atoms with van der Waals surface area (Å²) in [5, 5.41) is 6.35. The molecule has 1 aliphatic heterocycles. The molecule has 1 rings (SSSR count). The maximum absolute atomic E-state index is 11.6. The van der Waals surface area contributed by atoms with Gasteiger partial charge in [-0.25, -0.2) is 0 Å². The van der Waals surface area contributed by atoms with E-state index >= 15 is 0 Å². The summed E-state index contributed by atoms with van der Waals surface area (Å²) >= 11 is 0. The summed E-state index contributed by atoms with van der Waals surface area (Å²) in [7, 11) is 0. The molecule has 0 radical (unpaired) electrons. The number of hydrogen-bond acceptors (Lipinski definition) is 3. The van der Waals surface area contributed by atoms with Crippen LogP contribution in [-0.4, -0.2) is 47.9 Å². The van der Waals surface area contributed by atoms with Crippen LogP contribution in [0.15, 0.2) is 0 Å². The summed E-state index contributed by atoms with van der Waals surface area (Å²) < 4.78 is 0. The van der Waals surface area contributed by atoms with E-state index in [0.29, 0.717) is 19.0 Å². The lowest BCUT2D eigenvalue weighted by Crippen LogP contribution is -2.46. The molecule has 1 aliphatic rings. The van der Waals surface area contributed by atoms with Crippen LogP contribution in [0.5, 0.6) is 0 Å².